The number of carbonyl (C=O) groups excluding carboxylic acids is 1. The van der Waals surface area contributed by atoms with E-state index in [1.54, 1.807) is 0 Å². The number of carboxylic acids is 1. The van der Waals surface area contributed by atoms with Gasteiger partial charge in [0.05, 0.1) is 6.07 Å². The summed E-state index contributed by atoms with van der Waals surface area (Å²) in [7, 11) is 0. The number of nitrogens with one attached hydrogen (secondary N) is 1. The van der Waals surface area contributed by atoms with E-state index in [1.165, 1.54) is 0 Å². The molecule has 0 aliphatic carbocycles. The highest BCUT2D eigenvalue weighted by Gasteiger charge is 2.24. The van der Waals surface area contributed by atoms with Crippen LogP contribution in [0.2, 0.25) is 0 Å². The van der Waals surface area contributed by atoms with Gasteiger partial charge in [-0.15, -0.1) is 0 Å². The molecule has 0 aliphatic heterocycles. The molecule has 8 heteroatoms. The Bertz CT molecular complexity index is 493. The Kier molecular flexibility index (Phi) is 4.62. The Morgan fingerprint density at radius 3 is 2.53 bits per heavy atom. The zero-order valence-corrected chi connectivity index (χ0v) is 10.5. The van der Waals surface area contributed by atoms with E-state index in [0.29, 0.717) is 0 Å². The fourth-order valence-electron chi connectivity index (χ4n) is 1.47. The number of hydrogen-bond donors (Lipinski definition) is 2. The number of carboxylic acid groups (broad SMARTS) is 1. The molecule has 1 heterocycles. The van der Waals surface area contributed by atoms with Crippen molar-refractivity contribution in [2.75, 3.05) is 0 Å². The van der Waals surface area contributed by atoms with Crippen LogP contribution in [0.3, 0.4) is 0 Å². The third-order valence-corrected chi connectivity index (χ3v) is 2.31. The number of amides is 1. The Labute approximate surface area is 108 Å². The van der Waals surface area contributed by atoms with Crippen molar-refractivity contribution in [3.8, 4) is 0 Å². The lowest BCUT2D eigenvalue weighted by Crippen LogP contribution is -2.41. The standard InChI is InChI=1S/C11H14N2O6/c1-6(2)5-7(11(15)16)12-10(14)8-3-4-9(19-8)13(17)18/h3-4,6-7H,5H2,1-2H3,(H,12,14)(H,15,16)/t7-/m0/s1. The van der Waals surface area contributed by atoms with Gasteiger partial charge in [-0.1, -0.05) is 13.8 Å². The smallest absolute Gasteiger partial charge is 0.433 e. The van der Waals surface area contributed by atoms with Gasteiger partial charge in [-0.3, -0.25) is 14.9 Å². The van der Waals surface area contributed by atoms with Crippen LogP contribution in [-0.2, 0) is 4.79 Å². The van der Waals surface area contributed by atoms with Crippen LogP contribution in [0.4, 0.5) is 5.88 Å². The van der Waals surface area contributed by atoms with Gasteiger partial charge in [-0.25, -0.2) is 4.79 Å². The van der Waals surface area contributed by atoms with Gasteiger partial charge < -0.3 is 14.8 Å². The van der Waals surface area contributed by atoms with E-state index in [9.17, 15) is 19.7 Å². The number of nitro groups is 1. The van der Waals surface area contributed by atoms with Crippen molar-refractivity contribution in [2.24, 2.45) is 5.92 Å². The highest BCUT2D eigenvalue weighted by molar-refractivity contribution is 5.94. The molecule has 1 amide bonds. The molecule has 2 N–H and O–H groups in total. The first-order valence-corrected chi connectivity index (χ1v) is 5.59. The molecule has 104 valence electrons. The number of rotatable bonds is 6. The van der Waals surface area contributed by atoms with E-state index in [2.05, 4.69) is 9.73 Å². The molecule has 0 fully saturated rings. The van der Waals surface area contributed by atoms with Crippen LogP contribution in [0.25, 0.3) is 0 Å². The first kappa shape index (κ1) is 14.7. The number of hydrogen-bond acceptors (Lipinski definition) is 5. The molecule has 0 unspecified atom stereocenters. The monoisotopic (exact) mass is 270 g/mol. The lowest BCUT2D eigenvalue weighted by atomic mass is 10.0. The molecule has 1 atom stereocenters. The third kappa shape index (κ3) is 4.09. The molecule has 0 saturated heterocycles. The van der Waals surface area contributed by atoms with Gasteiger partial charge in [0, 0.05) is 0 Å². The van der Waals surface area contributed by atoms with Gasteiger partial charge >= 0.3 is 11.9 Å². The van der Waals surface area contributed by atoms with Crippen molar-refractivity contribution < 1.29 is 24.0 Å². The summed E-state index contributed by atoms with van der Waals surface area (Å²) in [4.78, 5) is 32.3. The Balaban J connectivity index is 2.75. The van der Waals surface area contributed by atoms with E-state index in [0.717, 1.165) is 12.1 Å². The highest BCUT2D eigenvalue weighted by Crippen LogP contribution is 2.16. The van der Waals surface area contributed by atoms with Crippen LogP contribution in [0.1, 0.15) is 30.8 Å². The molecule has 1 rings (SSSR count). The second-order valence-corrected chi connectivity index (χ2v) is 4.39. The minimum absolute atomic E-state index is 0.0762. The molecular weight excluding hydrogens is 256 g/mol. The van der Waals surface area contributed by atoms with Crippen molar-refractivity contribution in [1.29, 1.82) is 0 Å². The molecule has 0 aliphatic rings. The fraction of sp³-hybridized carbons (Fsp3) is 0.455. The topological polar surface area (TPSA) is 123 Å². The van der Waals surface area contributed by atoms with Crippen molar-refractivity contribution in [3.63, 3.8) is 0 Å². The Hall–Kier alpha value is -2.38. The zero-order chi connectivity index (χ0) is 14.6. The van der Waals surface area contributed by atoms with Crippen molar-refractivity contribution in [3.05, 3.63) is 28.0 Å². The first-order valence-electron chi connectivity index (χ1n) is 5.59. The van der Waals surface area contributed by atoms with E-state index in [4.69, 9.17) is 5.11 Å². The summed E-state index contributed by atoms with van der Waals surface area (Å²) >= 11 is 0. The normalized spacial score (nSPS) is 12.2. The van der Waals surface area contributed by atoms with Gasteiger partial charge in [0.2, 0.25) is 0 Å². The van der Waals surface area contributed by atoms with Crippen molar-refractivity contribution in [2.45, 2.75) is 26.3 Å². The average Bonchev–Trinajstić information content (AvgIpc) is 2.76. The van der Waals surface area contributed by atoms with Gasteiger partial charge in [0.25, 0.3) is 5.91 Å². The molecule has 0 radical (unpaired) electrons. The Morgan fingerprint density at radius 1 is 1.47 bits per heavy atom. The lowest BCUT2D eigenvalue weighted by Gasteiger charge is -2.15. The Morgan fingerprint density at radius 2 is 2.11 bits per heavy atom. The van der Waals surface area contributed by atoms with Crippen molar-refractivity contribution >= 4 is 17.8 Å². The van der Waals surface area contributed by atoms with E-state index >= 15 is 0 Å². The number of carbonyl (C=O) groups is 2. The molecule has 1 aromatic heterocycles. The minimum atomic E-state index is -1.16. The largest absolute Gasteiger partial charge is 0.480 e. The van der Waals surface area contributed by atoms with Crippen LogP contribution < -0.4 is 5.32 Å². The van der Waals surface area contributed by atoms with Gasteiger partial charge in [-0.2, -0.15) is 0 Å². The molecular formula is C11H14N2O6. The third-order valence-electron chi connectivity index (χ3n) is 2.31. The van der Waals surface area contributed by atoms with Gasteiger partial charge in [0.15, 0.2) is 5.76 Å². The quantitative estimate of drug-likeness (QED) is 0.595. The number of aliphatic carboxylic acids is 1. The van der Waals surface area contributed by atoms with Crippen LogP contribution in [0.15, 0.2) is 16.5 Å². The van der Waals surface area contributed by atoms with Crippen LogP contribution in [0, 0.1) is 16.0 Å². The number of nitrogens with zero attached hydrogens (tertiary/aromatic N) is 1. The molecule has 0 aromatic carbocycles. The second-order valence-electron chi connectivity index (χ2n) is 4.39. The summed E-state index contributed by atoms with van der Waals surface area (Å²) in [6.07, 6.45) is 0.254. The van der Waals surface area contributed by atoms with Crippen LogP contribution in [-0.4, -0.2) is 27.9 Å². The van der Waals surface area contributed by atoms with E-state index < -0.39 is 28.7 Å². The molecule has 0 spiro atoms. The predicted molar refractivity (Wildman–Crippen MR) is 63.7 cm³/mol. The number of furan rings is 1. The summed E-state index contributed by atoms with van der Waals surface area (Å²) < 4.78 is 4.69. The molecule has 1 aromatic rings. The fourth-order valence-corrected chi connectivity index (χ4v) is 1.47. The van der Waals surface area contributed by atoms with Crippen LogP contribution in [0.5, 0.6) is 0 Å². The predicted octanol–water partition coefficient (Wildman–Crippen LogP) is 1.42. The summed E-state index contributed by atoms with van der Waals surface area (Å²) in [6, 6.07) is 1.10. The maximum atomic E-state index is 11.7. The van der Waals surface area contributed by atoms with Crippen molar-refractivity contribution in [1.82, 2.24) is 5.32 Å². The molecule has 0 saturated carbocycles. The second kappa shape index (κ2) is 5.98. The molecule has 19 heavy (non-hydrogen) atoms. The maximum Gasteiger partial charge on any atom is 0.433 e. The SMILES string of the molecule is CC(C)C[C@H](NC(=O)c1ccc([N+](=O)[O-])o1)C(=O)O. The average molecular weight is 270 g/mol. The maximum absolute atomic E-state index is 11.7. The summed E-state index contributed by atoms with van der Waals surface area (Å²) in [5, 5.41) is 21.6. The first-order chi connectivity index (χ1) is 8.81. The minimum Gasteiger partial charge on any atom is -0.480 e. The summed E-state index contributed by atoms with van der Waals surface area (Å²) in [5.41, 5.74) is 0. The van der Waals surface area contributed by atoms with E-state index in [1.807, 2.05) is 13.8 Å². The van der Waals surface area contributed by atoms with Crippen LogP contribution >= 0.6 is 0 Å². The summed E-state index contributed by atoms with van der Waals surface area (Å²) in [5.74, 6) is -2.74. The van der Waals surface area contributed by atoms with Gasteiger partial charge in [0.1, 0.15) is 11.0 Å². The highest BCUT2D eigenvalue weighted by atomic mass is 16.6. The molecule has 8 nitrogen and oxygen atoms in total. The zero-order valence-electron chi connectivity index (χ0n) is 10.5. The van der Waals surface area contributed by atoms with E-state index in [-0.39, 0.29) is 18.1 Å². The molecule has 0 bridgehead atoms. The summed E-state index contributed by atoms with van der Waals surface area (Å²) in [6.45, 7) is 3.64. The van der Waals surface area contributed by atoms with Gasteiger partial charge in [-0.05, 0) is 18.4 Å². The lowest BCUT2D eigenvalue weighted by molar-refractivity contribution is -0.402.